The van der Waals surface area contributed by atoms with Gasteiger partial charge >= 0.3 is 0 Å². The van der Waals surface area contributed by atoms with Crippen LogP contribution in [0.25, 0.3) is 0 Å². The molecule has 0 aliphatic rings. The van der Waals surface area contributed by atoms with Crippen molar-refractivity contribution in [1.29, 1.82) is 5.26 Å². The van der Waals surface area contributed by atoms with Crippen molar-refractivity contribution in [2.75, 3.05) is 0 Å². The highest BCUT2D eigenvalue weighted by molar-refractivity contribution is 6.53. The fraction of sp³-hybridized carbons (Fsp3) is 0.182. The van der Waals surface area contributed by atoms with Crippen molar-refractivity contribution in [1.82, 2.24) is 5.32 Å². The molecule has 1 aromatic rings. The molecule has 5 nitrogen and oxygen atoms in total. The Kier molecular flexibility index (Phi) is 4.95. The summed E-state index contributed by atoms with van der Waals surface area (Å²) in [6.45, 7) is 0. The van der Waals surface area contributed by atoms with E-state index >= 15 is 0 Å². The third kappa shape index (κ3) is 3.62. The van der Waals surface area contributed by atoms with Gasteiger partial charge in [0.25, 0.3) is 5.91 Å². The molecule has 0 heterocycles. The third-order valence-electron chi connectivity index (χ3n) is 2.14. The van der Waals surface area contributed by atoms with Crippen LogP contribution in [0.2, 0.25) is 0 Å². The third-order valence-corrected chi connectivity index (χ3v) is 2.54. The van der Waals surface area contributed by atoms with Gasteiger partial charge in [-0.25, -0.2) is 0 Å². The minimum Gasteiger partial charge on any atom is -0.368 e. The molecule has 3 N–H and O–H groups in total. The van der Waals surface area contributed by atoms with Gasteiger partial charge < -0.3 is 11.1 Å². The zero-order chi connectivity index (χ0) is 13.7. The van der Waals surface area contributed by atoms with Gasteiger partial charge in [-0.1, -0.05) is 35.3 Å². The Hall–Kier alpha value is -1.77. The Morgan fingerprint density at radius 3 is 2.22 bits per heavy atom. The van der Waals surface area contributed by atoms with E-state index in [1.807, 2.05) is 6.07 Å². The molecule has 0 saturated heterocycles. The predicted molar refractivity (Wildman–Crippen MR) is 66.7 cm³/mol. The fourth-order valence-electron chi connectivity index (χ4n) is 1.27. The number of amides is 2. The lowest BCUT2D eigenvalue weighted by atomic mass is 10.0. The molecule has 94 valence electrons. The van der Waals surface area contributed by atoms with E-state index in [0.29, 0.717) is 11.1 Å². The van der Waals surface area contributed by atoms with Crippen molar-refractivity contribution in [2.24, 2.45) is 5.73 Å². The lowest BCUT2D eigenvalue weighted by molar-refractivity contribution is -0.126. The van der Waals surface area contributed by atoms with Crippen molar-refractivity contribution in [3.8, 4) is 6.07 Å². The molecule has 1 atom stereocenters. The number of halogens is 2. The second kappa shape index (κ2) is 6.24. The van der Waals surface area contributed by atoms with E-state index in [4.69, 9.17) is 34.2 Å². The molecular weight excluding hydrogens is 277 g/mol. The highest BCUT2D eigenvalue weighted by atomic mass is 35.5. The molecule has 1 aromatic carbocycles. The number of nitrogens with two attached hydrogens (primary N) is 1. The highest BCUT2D eigenvalue weighted by Gasteiger charge is 2.22. The summed E-state index contributed by atoms with van der Waals surface area (Å²) >= 11 is 10.7. The topological polar surface area (TPSA) is 96.0 Å². The zero-order valence-electron chi connectivity index (χ0n) is 9.06. The molecule has 0 aliphatic heterocycles. The monoisotopic (exact) mass is 285 g/mol. The minimum absolute atomic E-state index is 0.431. The first-order valence-corrected chi connectivity index (χ1v) is 5.71. The first kappa shape index (κ1) is 14.3. The molecule has 18 heavy (non-hydrogen) atoms. The van der Waals surface area contributed by atoms with Crippen molar-refractivity contribution in [3.63, 3.8) is 0 Å². The molecule has 0 bridgehead atoms. The number of primary amides is 1. The van der Waals surface area contributed by atoms with Crippen LogP contribution in [0, 0.1) is 11.3 Å². The van der Waals surface area contributed by atoms with Gasteiger partial charge in [0.15, 0.2) is 4.84 Å². The average Bonchev–Trinajstić information content (AvgIpc) is 2.35. The summed E-state index contributed by atoms with van der Waals surface area (Å²) < 4.78 is 0. The van der Waals surface area contributed by atoms with E-state index < -0.39 is 22.7 Å². The quantitative estimate of drug-likeness (QED) is 0.808. The maximum Gasteiger partial charge on any atom is 0.254 e. The first-order chi connectivity index (χ1) is 8.45. The Bertz CT molecular complexity index is 494. The average molecular weight is 286 g/mol. The summed E-state index contributed by atoms with van der Waals surface area (Å²) in [5.74, 6) is -1.46. The Balaban J connectivity index is 2.94. The molecule has 2 amide bonds. The molecule has 1 rings (SSSR count). The molecule has 0 aliphatic carbocycles. The smallest absolute Gasteiger partial charge is 0.254 e. The highest BCUT2D eigenvalue weighted by Crippen LogP contribution is 2.15. The van der Waals surface area contributed by atoms with E-state index in [2.05, 4.69) is 5.32 Å². The van der Waals surface area contributed by atoms with E-state index in [-0.39, 0.29) is 0 Å². The number of rotatable bonds is 4. The Labute approximate surface area is 113 Å². The number of nitrogens with zero attached hydrogens (tertiary/aromatic N) is 1. The van der Waals surface area contributed by atoms with E-state index in [1.165, 1.54) is 24.3 Å². The lowest BCUT2D eigenvalue weighted by Crippen LogP contribution is -2.39. The van der Waals surface area contributed by atoms with Crippen LogP contribution in [0.3, 0.4) is 0 Å². The van der Waals surface area contributed by atoms with Gasteiger partial charge in [0, 0.05) is 0 Å². The van der Waals surface area contributed by atoms with Crippen LogP contribution in [0.4, 0.5) is 0 Å². The Morgan fingerprint density at radius 1 is 1.28 bits per heavy atom. The summed E-state index contributed by atoms with van der Waals surface area (Å²) in [6.07, 6.45) is 0. The van der Waals surface area contributed by atoms with Gasteiger partial charge in [0.05, 0.1) is 11.6 Å². The number of nitriles is 1. The number of hydrogen-bond acceptors (Lipinski definition) is 3. The maximum atomic E-state index is 11.3. The molecule has 1 unspecified atom stereocenters. The molecule has 7 heteroatoms. The number of carbonyl (C=O) groups excluding carboxylic acids is 2. The van der Waals surface area contributed by atoms with Crippen LogP contribution >= 0.6 is 23.2 Å². The molecular formula is C11H9Cl2N3O2. The lowest BCUT2D eigenvalue weighted by Gasteiger charge is -2.16. The minimum atomic E-state index is -1.29. The van der Waals surface area contributed by atoms with Crippen LogP contribution < -0.4 is 11.1 Å². The van der Waals surface area contributed by atoms with E-state index in [1.54, 1.807) is 0 Å². The number of alkyl halides is 2. The normalized spacial score (nSPS) is 11.7. The van der Waals surface area contributed by atoms with Crippen LogP contribution in [-0.2, 0) is 9.59 Å². The number of benzene rings is 1. The van der Waals surface area contributed by atoms with Gasteiger partial charge in [-0.2, -0.15) is 5.26 Å². The SMILES string of the molecule is N#Cc1ccc(C(NC(=O)C(Cl)Cl)C(N)=O)cc1. The van der Waals surface area contributed by atoms with E-state index in [0.717, 1.165) is 0 Å². The van der Waals surface area contributed by atoms with Crippen LogP contribution in [0.5, 0.6) is 0 Å². The molecule has 0 fully saturated rings. The van der Waals surface area contributed by atoms with E-state index in [9.17, 15) is 9.59 Å². The van der Waals surface area contributed by atoms with Crippen molar-refractivity contribution in [3.05, 3.63) is 35.4 Å². The predicted octanol–water partition coefficient (Wildman–Crippen LogP) is 1.00. The summed E-state index contributed by atoms with van der Waals surface area (Å²) in [7, 11) is 0. The summed E-state index contributed by atoms with van der Waals surface area (Å²) in [5, 5.41) is 11.0. The summed E-state index contributed by atoms with van der Waals surface area (Å²) in [4.78, 5) is 21.3. The second-order valence-corrected chi connectivity index (χ2v) is 4.47. The second-order valence-electron chi connectivity index (χ2n) is 3.38. The van der Waals surface area contributed by atoms with Crippen molar-refractivity contribution >= 4 is 35.0 Å². The van der Waals surface area contributed by atoms with Crippen LogP contribution in [0.1, 0.15) is 17.2 Å². The van der Waals surface area contributed by atoms with Gasteiger partial charge in [-0.15, -0.1) is 0 Å². The van der Waals surface area contributed by atoms with Gasteiger partial charge in [0.2, 0.25) is 5.91 Å². The van der Waals surface area contributed by atoms with Crippen LogP contribution in [0.15, 0.2) is 24.3 Å². The molecule has 0 saturated carbocycles. The first-order valence-electron chi connectivity index (χ1n) is 4.83. The molecule has 0 spiro atoms. The number of hydrogen-bond donors (Lipinski definition) is 2. The zero-order valence-corrected chi connectivity index (χ0v) is 10.6. The number of carbonyl (C=O) groups is 2. The maximum absolute atomic E-state index is 11.3. The number of nitrogens with one attached hydrogen (secondary N) is 1. The molecule has 0 aromatic heterocycles. The summed E-state index contributed by atoms with van der Waals surface area (Å²) in [6, 6.07) is 6.96. The van der Waals surface area contributed by atoms with Crippen molar-refractivity contribution < 1.29 is 9.59 Å². The van der Waals surface area contributed by atoms with Gasteiger partial charge in [-0.3, -0.25) is 9.59 Å². The van der Waals surface area contributed by atoms with Gasteiger partial charge in [0.1, 0.15) is 6.04 Å². The van der Waals surface area contributed by atoms with Crippen molar-refractivity contribution in [2.45, 2.75) is 10.9 Å². The largest absolute Gasteiger partial charge is 0.368 e. The fourth-order valence-corrected chi connectivity index (χ4v) is 1.40. The van der Waals surface area contributed by atoms with Gasteiger partial charge in [-0.05, 0) is 17.7 Å². The Morgan fingerprint density at radius 2 is 1.83 bits per heavy atom. The van der Waals surface area contributed by atoms with Crippen LogP contribution in [-0.4, -0.2) is 16.7 Å². The summed E-state index contributed by atoms with van der Waals surface area (Å²) in [5.41, 5.74) is 6.06. The molecule has 0 radical (unpaired) electrons. The standard InChI is InChI=1S/C11H9Cl2N3O2/c12-9(13)11(18)16-8(10(15)17)7-3-1-6(5-14)2-4-7/h1-4,8-9H,(H2,15,17)(H,16,18).